The van der Waals surface area contributed by atoms with E-state index < -0.39 is 97.5 Å². The number of hydrogen-bond acceptors (Lipinski definition) is 15. The van der Waals surface area contributed by atoms with Crippen LogP contribution < -0.4 is 0 Å². The van der Waals surface area contributed by atoms with Crippen LogP contribution in [-0.4, -0.2) is 96.7 Å². The summed E-state index contributed by atoms with van der Waals surface area (Å²) in [5.74, 6) is -0.559. The van der Waals surface area contributed by atoms with Gasteiger partial charge in [0, 0.05) is 25.7 Å². The van der Waals surface area contributed by atoms with E-state index >= 15 is 0 Å². The Hall–Kier alpha value is -1.94. The van der Waals surface area contributed by atoms with Gasteiger partial charge in [-0.15, -0.1) is 0 Å². The Balaban J connectivity index is 5.22. The van der Waals surface area contributed by atoms with Gasteiger partial charge in [-0.3, -0.25) is 37.3 Å². The number of carbonyl (C=O) groups is 4. The second-order valence-electron chi connectivity index (χ2n) is 33.4. The Bertz CT molecular complexity index is 2100. The lowest BCUT2D eigenvalue weighted by Crippen LogP contribution is -2.30. The quantitative estimate of drug-likeness (QED) is 0.0222. The van der Waals surface area contributed by atoms with Gasteiger partial charge in [0.1, 0.15) is 19.3 Å². The topological polar surface area (TPSA) is 237 Å². The average molecular weight is 1610 g/mol. The number of aliphatic hydroxyl groups is 1. The molecular weight excluding hydrogens is 1430 g/mol. The summed E-state index contributed by atoms with van der Waals surface area (Å²) in [7, 11) is -9.94. The lowest BCUT2D eigenvalue weighted by atomic mass is 10.00. The van der Waals surface area contributed by atoms with E-state index in [0.29, 0.717) is 25.7 Å². The Morgan fingerprint density at radius 3 is 0.691 bits per heavy atom. The number of ether oxygens (including phenoxy) is 4. The largest absolute Gasteiger partial charge is 0.472 e. The van der Waals surface area contributed by atoms with E-state index in [0.717, 1.165) is 108 Å². The molecule has 3 N–H and O–H groups in total. The number of hydrogen-bond donors (Lipinski definition) is 3. The van der Waals surface area contributed by atoms with Crippen LogP contribution in [0.25, 0.3) is 0 Å². The maximum absolute atomic E-state index is 13.2. The van der Waals surface area contributed by atoms with Crippen molar-refractivity contribution >= 4 is 39.5 Å². The van der Waals surface area contributed by atoms with Crippen molar-refractivity contribution in [3.63, 3.8) is 0 Å². The zero-order valence-electron chi connectivity index (χ0n) is 72.6. The number of aliphatic hydroxyl groups excluding tert-OH is 1. The van der Waals surface area contributed by atoms with Gasteiger partial charge in [-0.05, 0) is 37.5 Å². The van der Waals surface area contributed by atoms with Gasteiger partial charge < -0.3 is 33.8 Å². The van der Waals surface area contributed by atoms with Crippen LogP contribution in [0.2, 0.25) is 0 Å². The van der Waals surface area contributed by atoms with Gasteiger partial charge in [-0.25, -0.2) is 9.13 Å². The molecule has 0 aromatic rings. The molecule has 110 heavy (non-hydrogen) atoms. The summed E-state index contributed by atoms with van der Waals surface area (Å²) < 4.78 is 69.0. The van der Waals surface area contributed by atoms with Crippen molar-refractivity contribution in [3.05, 3.63) is 0 Å². The molecule has 0 aromatic heterocycles. The highest BCUT2D eigenvalue weighted by atomic mass is 31.2. The third kappa shape index (κ3) is 82.6. The van der Waals surface area contributed by atoms with Crippen molar-refractivity contribution in [2.75, 3.05) is 39.6 Å². The van der Waals surface area contributed by atoms with Crippen molar-refractivity contribution in [2.24, 2.45) is 11.8 Å². The number of unbranched alkanes of at least 4 members (excludes halogenated alkanes) is 59. The summed E-state index contributed by atoms with van der Waals surface area (Å²) in [5, 5.41) is 10.7. The summed E-state index contributed by atoms with van der Waals surface area (Å²) >= 11 is 0. The molecule has 0 saturated carbocycles. The van der Waals surface area contributed by atoms with E-state index in [-0.39, 0.29) is 25.7 Å². The predicted octanol–water partition coefficient (Wildman–Crippen LogP) is 28.2. The number of carbonyl (C=O) groups excluding carboxylic acids is 4. The van der Waals surface area contributed by atoms with Gasteiger partial charge in [-0.2, -0.15) is 0 Å². The van der Waals surface area contributed by atoms with Crippen LogP contribution in [-0.2, 0) is 65.4 Å². The van der Waals surface area contributed by atoms with Crippen LogP contribution in [0.1, 0.15) is 491 Å². The normalized spacial score (nSPS) is 14.0. The molecule has 0 spiro atoms. The van der Waals surface area contributed by atoms with Crippen molar-refractivity contribution in [1.82, 2.24) is 0 Å². The highest BCUT2D eigenvalue weighted by Gasteiger charge is 2.31. The first-order valence-electron chi connectivity index (χ1n) is 47.0. The molecule has 6 atom stereocenters. The molecule has 0 heterocycles. The molecular formula is C91H178O17P2. The molecule has 0 aliphatic carbocycles. The highest BCUT2D eigenvalue weighted by Crippen LogP contribution is 2.45. The molecule has 0 bridgehead atoms. The highest BCUT2D eigenvalue weighted by molar-refractivity contribution is 7.47. The van der Waals surface area contributed by atoms with Crippen LogP contribution in [0.3, 0.4) is 0 Å². The molecule has 0 rings (SSSR count). The first kappa shape index (κ1) is 108. The minimum Gasteiger partial charge on any atom is -0.462 e. The first-order valence-corrected chi connectivity index (χ1v) is 50.0. The van der Waals surface area contributed by atoms with Crippen molar-refractivity contribution in [3.8, 4) is 0 Å². The Morgan fingerprint density at radius 2 is 0.464 bits per heavy atom. The summed E-state index contributed by atoms with van der Waals surface area (Å²) in [5.41, 5.74) is 0. The molecule has 0 aliphatic rings. The molecule has 0 fully saturated rings. The Kier molecular flexibility index (Phi) is 80.7. The van der Waals surface area contributed by atoms with Gasteiger partial charge in [0.2, 0.25) is 0 Å². The molecule has 0 aromatic carbocycles. The minimum absolute atomic E-state index is 0.107. The average Bonchev–Trinajstić information content (AvgIpc) is 0.899. The molecule has 3 unspecified atom stereocenters. The second kappa shape index (κ2) is 82.2. The second-order valence-corrected chi connectivity index (χ2v) is 36.3. The van der Waals surface area contributed by atoms with Crippen LogP contribution >= 0.6 is 15.6 Å². The van der Waals surface area contributed by atoms with E-state index in [4.69, 9.17) is 37.0 Å². The fourth-order valence-corrected chi connectivity index (χ4v) is 15.9. The molecule has 0 amide bonds. The fraction of sp³-hybridized carbons (Fsp3) is 0.956. The van der Waals surface area contributed by atoms with Gasteiger partial charge in [0.15, 0.2) is 12.2 Å². The first-order chi connectivity index (χ1) is 53.4. The van der Waals surface area contributed by atoms with E-state index in [1.165, 1.54) is 302 Å². The number of phosphoric acid groups is 2. The summed E-state index contributed by atoms with van der Waals surface area (Å²) in [4.78, 5) is 73.4. The van der Waals surface area contributed by atoms with Gasteiger partial charge in [0.25, 0.3) is 0 Å². The van der Waals surface area contributed by atoms with E-state index in [1.54, 1.807) is 0 Å². The van der Waals surface area contributed by atoms with Crippen molar-refractivity contribution < 1.29 is 80.2 Å². The SMILES string of the molecule is CCCCCCCCCCCCCCCCCCCCCCCC(=O)O[C@H](COC(=O)CCCCCCCCCCCCCCCCCCCCCC)COP(=O)(O)OC[C@@H](O)COP(=O)(O)OC[C@@H](COC(=O)CCCCCCCCC(C)CC)OC(=O)CCCCCCCCCCCCCCCCCCC(C)C. The molecule has 654 valence electrons. The standard InChI is InChI=1S/C91H178O17P2/c1-7-10-12-14-16-18-20-22-24-26-28-30-32-34-39-43-47-51-55-63-69-75-90(95)107-86(79-101-88(93)73-67-61-54-50-46-42-38-33-31-29-27-25-23-21-19-17-15-13-11-8-2)81-105-109(97,98)103-77-85(92)78-104-110(99,100)106-82-87(80-102-89(94)74-68-62-58-57-60-66-72-84(6)9-3)108-91(96)76-70-64-56-52-48-44-40-36-35-37-41-45-49-53-59-65-71-83(4)5/h83-87,92H,7-82H2,1-6H3,(H,97,98)(H,99,100)/t84?,85-,86-,87-/m1/s1. The minimum atomic E-state index is -4.97. The number of esters is 4. The van der Waals surface area contributed by atoms with E-state index in [1.807, 2.05) is 0 Å². The molecule has 0 aliphatic heterocycles. The smallest absolute Gasteiger partial charge is 0.462 e. The maximum atomic E-state index is 13.2. The summed E-state index contributed by atoms with van der Waals surface area (Å²) in [6, 6.07) is 0. The van der Waals surface area contributed by atoms with Crippen molar-refractivity contribution in [2.45, 2.75) is 509 Å². The lowest BCUT2D eigenvalue weighted by Gasteiger charge is -2.21. The van der Waals surface area contributed by atoms with E-state index in [9.17, 15) is 43.2 Å². The monoisotopic (exact) mass is 1610 g/mol. The summed E-state index contributed by atoms with van der Waals surface area (Å²) in [6.07, 6.45) is 76.6. The number of phosphoric ester groups is 2. The maximum Gasteiger partial charge on any atom is 0.472 e. The van der Waals surface area contributed by atoms with Crippen molar-refractivity contribution in [1.29, 1.82) is 0 Å². The van der Waals surface area contributed by atoms with Crippen LogP contribution in [0.15, 0.2) is 0 Å². The van der Waals surface area contributed by atoms with Gasteiger partial charge in [0.05, 0.1) is 26.4 Å². The number of rotatable bonds is 90. The molecule has 0 saturated heterocycles. The Labute approximate surface area is 677 Å². The Morgan fingerprint density at radius 1 is 0.264 bits per heavy atom. The van der Waals surface area contributed by atoms with Crippen LogP contribution in [0, 0.1) is 11.8 Å². The predicted molar refractivity (Wildman–Crippen MR) is 455 cm³/mol. The third-order valence-corrected chi connectivity index (χ3v) is 23.7. The fourth-order valence-electron chi connectivity index (χ4n) is 14.3. The molecule has 0 radical (unpaired) electrons. The van der Waals surface area contributed by atoms with Gasteiger partial charge in [-0.1, -0.05) is 440 Å². The molecule has 17 nitrogen and oxygen atoms in total. The zero-order valence-corrected chi connectivity index (χ0v) is 74.4. The summed E-state index contributed by atoms with van der Waals surface area (Å²) in [6.45, 7) is 9.69. The lowest BCUT2D eigenvalue weighted by molar-refractivity contribution is -0.161. The van der Waals surface area contributed by atoms with Gasteiger partial charge >= 0.3 is 39.5 Å². The zero-order chi connectivity index (χ0) is 80.6. The van der Waals surface area contributed by atoms with E-state index in [2.05, 4.69) is 41.5 Å². The van der Waals surface area contributed by atoms with Crippen LogP contribution in [0.4, 0.5) is 0 Å². The molecule has 19 heteroatoms. The third-order valence-electron chi connectivity index (χ3n) is 21.8. The van der Waals surface area contributed by atoms with Crippen LogP contribution in [0.5, 0.6) is 0 Å².